The minimum absolute atomic E-state index is 0.0485. The fraction of sp³-hybridized carbons (Fsp3) is 0.263. The van der Waals surface area contributed by atoms with Crippen LogP contribution in [0.2, 0.25) is 0 Å². The molecule has 1 fully saturated rings. The Morgan fingerprint density at radius 2 is 1.73 bits per heavy atom. The lowest BCUT2D eigenvalue weighted by atomic mass is 9.85. The highest BCUT2D eigenvalue weighted by molar-refractivity contribution is 5.91. The SMILES string of the molecule is F[C@@H]1CNCC[C@H]1c1c(-c2ccccc2)[nH]c2ccccc12. The molecular weight excluding hydrogens is 275 g/mol. The summed E-state index contributed by atoms with van der Waals surface area (Å²) in [6, 6.07) is 18.5. The van der Waals surface area contributed by atoms with Gasteiger partial charge in [0.25, 0.3) is 0 Å². The first kappa shape index (κ1) is 13.5. The number of hydrogen-bond donors (Lipinski definition) is 2. The average Bonchev–Trinajstić information content (AvgIpc) is 2.95. The molecule has 4 rings (SSSR count). The number of rotatable bonds is 2. The number of fused-ring (bicyclic) bond motifs is 1. The molecule has 0 aliphatic carbocycles. The third-order valence-corrected chi connectivity index (χ3v) is 4.59. The van der Waals surface area contributed by atoms with E-state index in [1.807, 2.05) is 30.3 Å². The molecule has 0 saturated carbocycles. The molecule has 3 aromatic rings. The summed E-state index contributed by atoms with van der Waals surface area (Å²) in [4.78, 5) is 3.51. The second-order valence-electron chi connectivity index (χ2n) is 5.94. The topological polar surface area (TPSA) is 27.8 Å². The Balaban J connectivity index is 1.94. The van der Waals surface area contributed by atoms with Crippen molar-refractivity contribution in [3.05, 3.63) is 60.2 Å². The molecule has 2 N–H and O–H groups in total. The monoisotopic (exact) mass is 294 g/mol. The molecule has 112 valence electrons. The van der Waals surface area contributed by atoms with Gasteiger partial charge in [-0.1, -0.05) is 48.5 Å². The van der Waals surface area contributed by atoms with Gasteiger partial charge in [-0.3, -0.25) is 0 Å². The van der Waals surface area contributed by atoms with Crippen LogP contribution < -0.4 is 5.32 Å². The first-order valence-electron chi connectivity index (χ1n) is 7.85. The Kier molecular flexibility index (Phi) is 3.43. The normalized spacial score (nSPS) is 22.0. The Hall–Kier alpha value is -2.13. The van der Waals surface area contributed by atoms with Crippen molar-refractivity contribution >= 4 is 10.9 Å². The quantitative estimate of drug-likeness (QED) is 0.726. The van der Waals surface area contributed by atoms with E-state index in [0.29, 0.717) is 6.54 Å². The Labute approximate surface area is 129 Å². The number of aromatic amines is 1. The minimum Gasteiger partial charge on any atom is -0.354 e. The smallest absolute Gasteiger partial charge is 0.119 e. The van der Waals surface area contributed by atoms with Crippen LogP contribution in [0.5, 0.6) is 0 Å². The maximum Gasteiger partial charge on any atom is 0.119 e. The van der Waals surface area contributed by atoms with E-state index in [9.17, 15) is 4.39 Å². The fourth-order valence-corrected chi connectivity index (χ4v) is 3.53. The van der Waals surface area contributed by atoms with Gasteiger partial charge in [0, 0.05) is 23.4 Å². The summed E-state index contributed by atoms with van der Waals surface area (Å²) >= 11 is 0. The van der Waals surface area contributed by atoms with Gasteiger partial charge in [-0.25, -0.2) is 4.39 Å². The molecule has 22 heavy (non-hydrogen) atoms. The van der Waals surface area contributed by atoms with Crippen LogP contribution in [0.4, 0.5) is 4.39 Å². The number of hydrogen-bond acceptors (Lipinski definition) is 1. The van der Waals surface area contributed by atoms with E-state index in [1.54, 1.807) is 0 Å². The summed E-state index contributed by atoms with van der Waals surface area (Å²) in [6.07, 6.45) is -0.00142. The molecular formula is C19H19FN2. The Bertz CT molecular complexity index is 778. The number of alkyl halides is 1. The molecule has 1 saturated heterocycles. The Morgan fingerprint density at radius 1 is 0.955 bits per heavy atom. The van der Waals surface area contributed by atoms with E-state index in [1.165, 1.54) is 0 Å². The summed E-state index contributed by atoms with van der Waals surface area (Å²) < 4.78 is 14.6. The fourth-order valence-electron chi connectivity index (χ4n) is 3.53. The van der Waals surface area contributed by atoms with Crippen molar-refractivity contribution in [3.8, 4) is 11.3 Å². The molecule has 1 aliphatic rings. The molecule has 0 radical (unpaired) electrons. The highest BCUT2D eigenvalue weighted by atomic mass is 19.1. The maximum absolute atomic E-state index is 14.6. The second kappa shape index (κ2) is 5.58. The predicted octanol–water partition coefficient (Wildman–Crippen LogP) is 4.25. The van der Waals surface area contributed by atoms with E-state index in [4.69, 9.17) is 0 Å². The van der Waals surface area contributed by atoms with Crippen LogP contribution in [0.3, 0.4) is 0 Å². The summed E-state index contributed by atoms with van der Waals surface area (Å²) in [6.45, 7) is 1.32. The van der Waals surface area contributed by atoms with Gasteiger partial charge in [0.05, 0.1) is 5.69 Å². The molecule has 0 unspecified atom stereocenters. The third-order valence-electron chi connectivity index (χ3n) is 4.59. The lowest BCUT2D eigenvalue weighted by Gasteiger charge is -2.27. The number of aromatic nitrogens is 1. The molecule has 2 heterocycles. The van der Waals surface area contributed by atoms with Crippen LogP contribution in [0.1, 0.15) is 17.9 Å². The summed E-state index contributed by atoms with van der Waals surface area (Å²) in [7, 11) is 0. The zero-order chi connectivity index (χ0) is 14.9. The largest absolute Gasteiger partial charge is 0.354 e. The number of piperidine rings is 1. The van der Waals surface area contributed by atoms with Gasteiger partial charge in [0.1, 0.15) is 6.17 Å². The van der Waals surface area contributed by atoms with E-state index in [-0.39, 0.29) is 5.92 Å². The predicted molar refractivity (Wildman–Crippen MR) is 88.9 cm³/mol. The standard InChI is InChI=1S/C19H19FN2/c20-16-12-21-11-10-14(16)18-15-8-4-5-9-17(15)22-19(18)13-6-2-1-3-7-13/h1-9,14,16,21-22H,10-12H2/t14-,16-/m1/s1. The lowest BCUT2D eigenvalue weighted by molar-refractivity contribution is 0.232. The highest BCUT2D eigenvalue weighted by Crippen LogP contribution is 2.40. The van der Waals surface area contributed by atoms with Crippen molar-refractivity contribution < 1.29 is 4.39 Å². The number of halogens is 1. The van der Waals surface area contributed by atoms with Gasteiger partial charge in [-0.05, 0) is 30.2 Å². The van der Waals surface area contributed by atoms with Crippen molar-refractivity contribution in [3.63, 3.8) is 0 Å². The molecule has 1 aromatic heterocycles. The first-order chi connectivity index (χ1) is 10.8. The first-order valence-corrected chi connectivity index (χ1v) is 7.85. The number of nitrogens with one attached hydrogen (secondary N) is 2. The molecule has 2 atom stereocenters. The van der Waals surface area contributed by atoms with Crippen LogP contribution in [-0.2, 0) is 0 Å². The van der Waals surface area contributed by atoms with Crippen molar-refractivity contribution in [2.75, 3.05) is 13.1 Å². The maximum atomic E-state index is 14.6. The van der Waals surface area contributed by atoms with Crippen LogP contribution in [0, 0.1) is 0 Å². The average molecular weight is 294 g/mol. The van der Waals surface area contributed by atoms with Gasteiger partial charge in [0.15, 0.2) is 0 Å². The number of para-hydroxylation sites is 1. The second-order valence-corrected chi connectivity index (χ2v) is 5.94. The zero-order valence-corrected chi connectivity index (χ0v) is 12.4. The molecule has 0 amide bonds. The third kappa shape index (κ3) is 2.22. The van der Waals surface area contributed by atoms with Gasteiger partial charge in [-0.15, -0.1) is 0 Å². The number of benzene rings is 2. The van der Waals surface area contributed by atoms with Crippen LogP contribution >= 0.6 is 0 Å². The van der Waals surface area contributed by atoms with Gasteiger partial charge >= 0.3 is 0 Å². The zero-order valence-electron chi connectivity index (χ0n) is 12.4. The van der Waals surface area contributed by atoms with Crippen LogP contribution in [0.15, 0.2) is 54.6 Å². The summed E-state index contributed by atoms with van der Waals surface area (Å²) in [5.74, 6) is -0.0485. The number of H-pyrrole nitrogens is 1. The molecule has 2 nitrogen and oxygen atoms in total. The summed E-state index contributed by atoms with van der Waals surface area (Å²) in [5, 5.41) is 4.30. The molecule has 0 bridgehead atoms. The van der Waals surface area contributed by atoms with Gasteiger partial charge in [-0.2, -0.15) is 0 Å². The minimum atomic E-state index is -0.838. The van der Waals surface area contributed by atoms with E-state index in [2.05, 4.69) is 34.6 Å². The van der Waals surface area contributed by atoms with Gasteiger partial charge in [0.2, 0.25) is 0 Å². The van der Waals surface area contributed by atoms with Crippen molar-refractivity contribution in [1.82, 2.24) is 10.3 Å². The van der Waals surface area contributed by atoms with Crippen molar-refractivity contribution in [1.29, 1.82) is 0 Å². The molecule has 3 heteroatoms. The van der Waals surface area contributed by atoms with Crippen molar-refractivity contribution in [2.45, 2.75) is 18.5 Å². The van der Waals surface area contributed by atoms with Crippen molar-refractivity contribution in [2.24, 2.45) is 0 Å². The highest BCUT2D eigenvalue weighted by Gasteiger charge is 2.30. The molecule has 2 aromatic carbocycles. The lowest BCUT2D eigenvalue weighted by Crippen LogP contribution is -2.36. The van der Waals surface area contributed by atoms with Gasteiger partial charge < -0.3 is 10.3 Å². The van der Waals surface area contributed by atoms with E-state index < -0.39 is 6.17 Å². The molecule has 0 spiro atoms. The van der Waals surface area contributed by atoms with E-state index >= 15 is 0 Å². The summed E-state index contributed by atoms with van der Waals surface area (Å²) in [5.41, 5.74) is 4.41. The van der Waals surface area contributed by atoms with E-state index in [0.717, 1.165) is 40.7 Å². The van der Waals surface area contributed by atoms with Crippen LogP contribution in [-0.4, -0.2) is 24.2 Å². The van der Waals surface area contributed by atoms with Crippen LogP contribution in [0.25, 0.3) is 22.2 Å². The Morgan fingerprint density at radius 3 is 2.55 bits per heavy atom. The molecule has 1 aliphatic heterocycles.